The van der Waals surface area contributed by atoms with Crippen LogP contribution in [0.15, 0.2) is 59.6 Å². The summed E-state index contributed by atoms with van der Waals surface area (Å²) in [6.07, 6.45) is 4.59. The molecule has 29 heavy (non-hydrogen) atoms. The number of nitrogens with zero attached hydrogens (tertiary/aromatic N) is 1. The van der Waals surface area contributed by atoms with E-state index in [0.29, 0.717) is 5.75 Å². The molecule has 0 spiro atoms. The second-order valence-electron chi connectivity index (χ2n) is 7.79. The van der Waals surface area contributed by atoms with Crippen LogP contribution in [0.3, 0.4) is 0 Å². The highest BCUT2D eigenvalue weighted by molar-refractivity contribution is 7.85. The number of halogens is 1. The highest BCUT2D eigenvalue weighted by atomic mass is 32.2. The maximum absolute atomic E-state index is 13.6. The lowest BCUT2D eigenvalue weighted by atomic mass is 9.93. The summed E-state index contributed by atoms with van der Waals surface area (Å²) in [4.78, 5) is 6.50. The van der Waals surface area contributed by atoms with Crippen LogP contribution in [0.25, 0.3) is 10.9 Å². The molecule has 1 N–H and O–H groups in total. The quantitative estimate of drug-likeness (QED) is 0.632. The molecule has 0 bridgehead atoms. The van der Waals surface area contributed by atoms with Crippen molar-refractivity contribution in [2.24, 2.45) is 0 Å². The Labute approximate surface area is 173 Å². The van der Waals surface area contributed by atoms with Crippen molar-refractivity contribution >= 4 is 21.7 Å². The van der Waals surface area contributed by atoms with Crippen LogP contribution < -0.4 is 0 Å². The molecule has 1 saturated heterocycles. The number of ether oxygens (including phenoxy) is 1. The molecule has 0 unspecified atom stereocenters. The number of nitrogens with one attached hydrogen (secondary N) is 1. The summed E-state index contributed by atoms with van der Waals surface area (Å²) in [5, 5.41) is 0.964. The van der Waals surface area contributed by atoms with E-state index >= 15 is 0 Å². The van der Waals surface area contributed by atoms with E-state index in [1.54, 1.807) is 19.2 Å². The van der Waals surface area contributed by atoms with Gasteiger partial charge in [-0.25, -0.2) is 4.39 Å². The van der Waals surface area contributed by atoms with Crippen LogP contribution in [-0.2, 0) is 22.0 Å². The predicted molar refractivity (Wildman–Crippen MR) is 115 cm³/mol. The van der Waals surface area contributed by atoms with Gasteiger partial charge in [-0.3, -0.25) is 4.21 Å². The summed E-state index contributed by atoms with van der Waals surface area (Å²) in [5.41, 5.74) is 1.79. The highest BCUT2D eigenvalue weighted by Gasteiger charge is 2.36. The second-order valence-corrected chi connectivity index (χ2v) is 9.24. The molecule has 1 atom stereocenters. The van der Waals surface area contributed by atoms with Gasteiger partial charge in [-0.2, -0.15) is 0 Å². The third-order valence-electron chi connectivity index (χ3n) is 6.03. The maximum atomic E-state index is 13.6. The van der Waals surface area contributed by atoms with Crippen molar-refractivity contribution in [3.8, 4) is 0 Å². The average Bonchev–Trinajstić information content (AvgIpc) is 3.16. The number of benzene rings is 2. The van der Waals surface area contributed by atoms with Crippen LogP contribution >= 0.6 is 0 Å². The largest absolute Gasteiger partial charge is 0.377 e. The monoisotopic (exact) mass is 414 g/mol. The van der Waals surface area contributed by atoms with Crippen LogP contribution in [0.4, 0.5) is 4.39 Å². The molecule has 154 valence electrons. The first-order chi connectivity index (χ1) is 14.1. The van der Waals surface area contributed by atoms with Crippen LogP contribution in [0.2, 0.25) is 0 Å². The first-order valence-electron chi connectivity index (χ1n) is 10.0. The Balaban J connectivity index is 1.34. The van der Waals surface area contributed by atoms with Crippen molar-refractivity contribution in [2.45, 2.75) is 29.8 Å². The Morgan fingerprint density at radius 1 is 1.17 bits per heavy atom. The van der Waals surface area contributed by atoms with Crippen molar-refractivity contribution in [1.82, 2.24) is 9.88 Å². The van der Waals surface area contributed by atoms with E-state index in [1.807, 2.05) is 36.5 Å². The standard InChI is InChI=1S/C23H27FN2O2S/c1-28-23(17-29(27)20-5-3-2-4-6-20)10-13-26(14-11-23)12-9-18-16-25-22-8-7-19(24)15-21(18)22/h2-8,15-16,25H,9-14,17H2,1H3/t29-/m1/s1. The van der Waals surface area contributed by atoms with Gasteiger partial charge in [0, 0.05) is 48.7 Å². The number of hydrogen-bond donors (Lipinski definition) is 1. The van der Waals surface area contributed by atoms with Gasteiger partial charge < -0.3 is 14.6 Å². The molecule has 6 heteroatoms. The third kappa shape index (κ3) is 4.60. The van der Waals surface area contributed by atoms with Crippen molar-refractivity contribution in [2.75, 3.05) is 32.5 Å². The zero-order chi connectivity index (χ0) is 20.3. The number of piperidine rings is 1. The Morgan fingerprint density at radius 3 is 2.66 bits per heavy atom. The predicted octanol–water partition coefficient (Wildman–Crippen LogP) is 4.14. The van der Waals surface area contributed by atoms with Gasteiger partial charge in [-0.05, 0) is 55.2 Å². The van der Waals surface area contributed by atoms with Gasteiger partial charge in [0.1, 0.15) is 5.82 Å². The summed E-state index contributed by atoms with van der Waals surface area (Å²) in [6, 6.07) is 14.5. The maximum Gasteiger partial charge on any atom is 0.123 e. The molecule has 3 aromatic rings. The molecular formula is C23H27FN2O2S. The summed E-state index contributed by atoms with van der Waals surface area (Å²) in [7, 11) is 0.674. The zero-order valence-electron chi connectivity index (χ0n) is 16.7. The molecule has 0 radical (unpaired) electrons. The lowest BCUT2D eigenvalue weighted by Crippen LogP contribution is -2.49. The summed E-state index contributed by atoms with van der Waals surface area (Å²) in [5.74, 6) is 0.330. The number of hydrogen-bond acceptors (Lipinski definition) is 3. The van der Waals surface area contributed by atoms with E-state index in [9.17, 15) is 8.60 Å². The Morgan fingerprint density at radius 2 is 1.93 bits per heavy atom. The molecule has 1 aliphatic heterocycles. The van der Waals surface area contributed by atoms with E-state index in [-0.39, 0.29) is 11.4 Å². The number of rotatable bonds is 7. The van der Waals surface area contributed by atoms with Gasteiger partial charge in [-0.15, -0.1) is 0 Å². The molecule has 0 aliphatic carbocycles. The first kappa shape index (κ1) is 20.3. The fraction of sp³-hybridized carbons (Fsp3) is 0.391. The van der Waals surface area contributed by atoms with E-state index in [1.165, 1.54) is 6.07 Å². The lowest BCUT2D eigenvalue weighted by molar-refractivity contribution is -0.0391. The highest BCUT2D eigenvalue weighted by Crippen LogP contribution is 2.29. The minimum absolute atomic E-state index is 0.201. The Bertz CT molecular complexity index is 981. The van der Waals surface area contributed by atoms with E-state index in [0.717, 1.165) is 60.3 Å². The van der Waals surface area contributed by atoms with E-state index in [4.69, 9.17) is 4.74 Å². The first-order valence-corrected chi connectivity index (χ1v) is 11.4. The number of H-pyrrole nitrogens is 1. The van der Waals surface area contributed by atoms with E-state index < -0.39 is 10.8 Å². The topological polar surface area (TPSA) is 45.3 Å². The number of fused-ring (bicyclic) bond motifs is 1. The molecule has 1 aliphatic rings. The number of methoxy groups -OCH3 is 1. The molecule has 0 amide bonds. The van der Waals surface area contributed by atoms with Crippen LogP contribution in [0.5, 0.6) is 0 Å². The van der Waals surface area contributed by atoms with Crippen LogP contribution in [-0.4, -0.2) is 52.2 Å². The van der Waals surface area contributed by atoms with Gasteiger partial charge in [0.15, 0.2) is 0 Å². The Kier molecular flexibility index (Phi) is 6.13. The molecule has 1 fully saturated rings. The molecule has 2 heterocycles. The Hall–Kier alpha value is -2.02. The van der Waals surface area contributed by atoms with Crippen LogP contribution in [0, 0.1) is 5.82 Å². The third-order valence-corrected chi connectivity index (χ3v) is 7.61. The van der Waals surface area contributed by atoms with Crippen molar-refractivity contribution < 1.29 is 13.3 Å². The van der Waals surface area contributed by atoms with Crippen molar-refractivity contribution in [3.05, 3.63) is 66.1 Å². The fourth-order valence-electron chi connectivity index (χ4n) is 4.12. The van der Waals surface area contributed by atoms with E-state index in [2.05, 4.69) is 9.88 Å². The minimum atomic E-state index is -1.06. The van der Waals surface area contributed by atoms with Gasteiger partial charge >= 0.3 is 0 Å². The van der Waals surface area contributed by atoms with Gasteiger partial charge in [-0.1, -0.05) is 18.2 Å². The molecule has 4 rings (SSSR count). The lowest BCUT2D eigenvalue weighted by Gasteiger charge is -2.40. The minimum Gasteiger partial charge on any atom is -0.377 e. The number of aromatic nitrogens is 1. The normalized spacial score (nSPS) is 18.1. The molecule has 2 aromatic carbocycles. The summed E-state index contributed by atoms with van der Waals surface area (Å²) < 4.78 is 32.2. The molecule has 0 saturated carbocycles. The summed E-state index contributed by atoms with van der Waals surface area (Å²) in [6.45, 7) is 2.75. The molecule has 1 aromatic heterocycles. The summed E-state index contributed by atoms with van der Waals surface area (Å²) >= 11 is 0. The second kappa shape index (κ2) is 8.78. The van der Waals surface area contributed by atoms with Crippen LogP contribution in [0.1, 0.15) is 18.4 Å². The van der Waals surface area contributed by atoms with Gasteiger partial charge in [0.2, 0.25) is 0 Å². The number of likely N-dealkylation sites (tertiary alicyclic amines) is 1. The number of aromatic amines is 1. The van der Waals surface area contributed by atoms with Gasteiger partial charge in [0.05, 0.1) is 22.2 Å². The SMILES string of the molecule is COC1(C[S@@](=O)c2ccccc2)CCN(CCc2c[nH]c3ccc(F)cc23)CC1. The smallest absolute Gasteiger partial charge is 0.123 e. The molecule has 4 nitrogen and oxygen atoms in total. The fourth-order valence-corrected chi connectivity index (χ4v) is 5.63. The average molecular weight is 415 g/mol. The zero-order valence-corrected chi connectivity index (χ0v) is 17.5. The van der Waals surface area contributed by atoms with Crippen molar-refractivity contribution in [1.29, 1.82) is 0 Å². The molecular weight excluding hydrogens is 387 g/mol. The van der Waals surface area contributed by atoms with Crippen molar-refractivity contribution in [3.63, 3.8) is 0 Å². The van der Waals surface area contributed by atoms with Gasteiger partial charge in [0.25, 0.3) is 0 Å².